The minimum absolute atomic E-state index is 0.0702. The van der Waals surface area contributed by atoms with Crippen molar-refractivity contribution in [1.29, 1.82) is 5.41 Å². The predicted octanol–water partition coefficient (Wildman–Crippen LogP) is 1.90. The minimum Gasteiger partial charge on any atom is -0.384 e. The zero-order chi connectivity index (χ0) is 38.2. The molecule has 1 aromatic rings. The van der Waals surface area contributed by atoms with Gasteiger partial charge in [-0.15, -0.1) is 0 Å². The Bertz CT molecular complexity index is 1340. The van der Waals surface area contributed by atoms with Crippen LogP contribution in [0.15, 0.2) is 29.3 Å². The Balaban J connectivity index is 2.40. The second-order valence-electron chi connectivity index (χ2n) is 14.6. The number of nitrogens with zero attached hydrogens (tertiary/aromatic N) is 2. The predicted molar refractivity (Wildman–Crippen MR) is 200 cm³/mol. The highest BCUT2D eigenvalue weighted by Gasteiger charge is 2.39. The number of hydrogen-bond donors (Lipinski definition) is 7. The summed E-state index contributed by atoms with van der Waals surface area (Å²) < 4.78 is 0. The first kappa shape index (κ1) is 42.8. The third-order valence-electron chi connectivity index (χ3n) is 9.26. The van der Waals surface area contributed by atoms with Gasteiger partial charge < -0.3 is 37.9 Å². The van der Waals surface area contributed by atoms with Crippen molar-refractivity contribution in [1.82, 2.24) is 20.9 Å². The average molecular weight is 712 g/mol. The second-order valence-corrected chi connectivity index (χ2v) is 14.6. The van der Waals surface area contributed by atoms with Gasteiger partial charge in [-0.2, -0.15) is 0 Å². The third-order valence-corrected chi connectivity index (χ3v) is 9.26. The van der Waals surface area contributed by atoms with Crippen LogP contribution in [0.2, 0.25) is 0 Å². The summed E-state index contributed by atoms with van der Waals surface area (Å²) in [6.07, 6.45) is 5.95. The lowest BCUT2D eigenvalue weighted by atomic mass is 9.83. The van der Waals surface area contributed by atoms with Crippen LogP contribution in [-0.4, -0.2) is 89.3 Å². The number of carbonyl (C=O) groups excluding carboxylic acids is 5. The van der Waals surface area contributed by atoms with Crippen LogP contribution >= 0.6 is 0 Å². The Kier molecular flexibility index (Phi) is 17.7. The normalized spacial score (nSPS) is 15.9. The van der Waals surface area contributed by atoms with E-state index in [1.54, 1.807) is 24.3 Å². The Morgan fingerprint density at radius 3 is 2.02 bits per heavy atom. The smallest absolute Gasteiger partial charge is 0.289 e. The molecule has 4 atom stereocenters. The molecule has 1 saturated carbocycles. The van der Waals surface area contributed by atoms with Gasteiger partial charge in [0.1, 0.15) is 24.2 Å². The van der Waals surface area contributed by atoms with E-state index in [-0.39, 0.29) is 55.1 Å². The zero-order valence-electron chi connectivity index (χ0n) is 31.2. The summed E-state index contributed by atoms with van der Waals surface area (Å²) in [5.41, 5.74) is 17.9. The van der Waals surface area contributed by atoms with E-state index in [2.05, 4.69) is 20.9 Å². The standard InChI is InChI=1S/C37H61N9O5/c1-22(2)19-28(21-47)43-34(49)29(13-10-18-42-37(40)41)44-35(50)31(26-11-8-7-9-12-26)45-36(51)32(48)30(46(23(3)4)24(5)6)20-25-14-16-27(17-15-25)33(38)39/h14-17,21-24,26,28-31H,7-13,18-20H2,1-6H3,(H3,38,39)(H,43,49)(H,44,50)(H,45,51)(H4,40,41,42)/t28-,29-,30?,31-/m0/s1. The molecule has 3 amide bonds. The summed E-state index contributed by atoms with van der Waals surface area (Å²) in [5, 5.41) is 16.1. The molecular weight excluding hydrogens is 650 g/mol. The number of benzene rings is 1. The highest BCUT2D eigenvalue weighted by atomic mass is 16.2. The molecule has 2 rings (SSSR count). The summed E-state index contributed by atoms with van der Waals surface area (Å²) in [5.74, 6) is -2.91. The number of nitrogen functional groups attached to an aromatic ring is 1. The second kappa shape index (κ2) is 21.1. The quantitative estimate of drug-likeness (QED) is 0.0324. The van der Waals surface area contributed by atoms with Gasteiger partial charge in [-0.25, -0.2) is 0 Å². The van der Waals surface area contributed by atoms with Crippen molar-refractivity contribution in [2.24, 2.45) is 34.0 Å². The Morgan fingerprint density at radius 1 is 0.902 bits per heavy atom. The van der Waals surface area contributed by atoms with Crippen LogP contribution in [0.25, 0.3) is 0 Å². The van der Waals surface area contributed by atoms with Gasteiger partial charge in [0.25, 0.3) is 5.91 Å². The molecule has 0 spiro atoms. The fourth-order valence-corrected chi connectivity index (χ4v) is 6.90. The Hall–Kier alpha value is -4.33. The number of amides is 3. The fraction of sp³-hybridized carbons (Fsp3) is 0.649. The molecule has 0 aliphatic heterocycles. The number of aliphatic imine (C=N–C) groups is 1. The van der Waals surface area contributed by atoms with Gasteiger partial charge in [-0.05, 0) is 83.6 Å². The molecule has 1 unspecified atom stereocenters. The van der Waals surface area contributed by atoms with E-state index in [1.807, 2.05) is 46.4 Å². The van der Waals surface area contributed by atoms with E-state index in [0.717, 1.165) is 24.8 Å². The molecular formula is C37H61N9O5. The molecule has 14 heteroatoms. The largest absolute Gasteiger partial charge is 0.384 e. The van der Waals surface area contributed by atoms with Gasteiger partial charge in [0.2, 0.25) is 17.6 Å². The Morgan fingerprint density at radius 2 is 1.51 bits per heavy atom. The number of amidine groups is 1. The van der Waals surface area contributed by atoms with E-state index in [0.29, 0.717) is 37.5 Å². The van der Waals surface area contributed by atoms with E-state index >= 15 is 0 Å². The molecule has 0 saturated heterocycles. The molecule has 14 nitrogen and oxygen atoms in total. The molecule has 0 radical (unpaired) electrons. The van der Waals surface area contributed by atoms with Gasteiger partial charge in [0.15, 0.2) is 5.96 Å². The number of hydrogen-bond acceptors (Lipinski definition) is 8. The van der Waals surface area contributed by atoms with Crippen molar-refractivity contribution in [3.8, 4) is 0 Å². The maximum Gasteiger partial charge on any atom is 0.289 e. The van der Waals surface area contributed by atoms with Crippen molar-refractivity contribution >= 4 is 41.6 Å². The SMILES string of the molecule is CC(C)C[C@@H](C=O)NC(=O)[C@H](CCCN=C(N)N)NC(=O)[C@@H](NC(=O)C(=O)C(Cc1ccc(C(=N)N)cc1)N(C(C)C)C(C)C)C1CCCCC1. The molecule has 0 heterocycles. The first-order chi connectivity index (χ1) is 24.0. The zero-order valence-corrected chi connectivity index (χ0v) is 31.2. The number of ketones is 1. The number of aldehydes is 1. The van der Waals surface area contributed by atoms with E-state index in [1.165, 1.54) is 0 Å². The van der Waals surface area contributed by atoms with Gasteiger partial charge in [0.05, 0.1) is 12.1 Å². The lowest BCUT2D eigenvalue weighted by Crippen LogP contribution is -2.60. The lowest BCUT2D eigenvalue weighted by molar-refractivity contribution is -0.144. The highest BCUT2D eigenvalue weighted by molar-refractivity contribution is 6.38. The first-order valence-electron chi connectivity index (χ1n) is 18.2. The van der Waals surface area contributed by atoms with Crippen LogP contribution < -0.4 is 33.2 Å². The maximum atomic E-state index is 14.1. The van der Waals surface area contributed by atoms with Crippen LogP contribution in [-0.2, 0) is 30.4 Å². The number of rotatable bonds is 21. The molecule has 0 bridgehead atoms. The fourth-order valence-electron chi connectivity index (χ4n) is 6.90. The van der Waals surface area contributed by atoms with Crippen LogP contribution in [0, 0.1) is 17.2 Å². The maximum absolute atomic E-state index is 14.1. The van der Waals surface area contributed by atoms with Gasteiger partial charge in [-0.1, -0.05) is 57.4 Å². The number of carbonyl (C=O) groups is 5. The molecule has 284 valence electrons. The summed E-state index contributed by atoms with van der Waals surface area (Å²) in [6, 6.07) is 3.18. The summed E-state index contributed by atoms with van der Waals surface area (Å²) >= 11 is 0. The Labute approximate surface area is 303 Å². The van der Waals surface area contributed by atoms with Gasteiger partial charge in [0, 0.05) is 24.2 Å². The third kappa shape index (κ3) is 14.1. The molecule has 1 aliphatic rings. The van der Waals surface area contributed by atoms with Crippen LogP contribution in [0.5, 0.6) is 0 Å². The molecule has 1 aromatic carbocycles. The summed E-state index contributed by atoms with van der Waals surface area (Å²) in [7, 11) is 0. The molecule has 1 fully saturated rings. The van der Waals surface area contributed by atoms with Crippen molar-refractivity contribution in [3.05, 3.63) is 35.4 Å². The highest BCUT2D eigenvalue weighted by Crippen LogP contribution is 2.27. The van der Waals surface area contributed by atoms with Gasteiger partial charge in [-0.3, -0.25) is 34.5 Å². The number of nitrogens with two attached hydrogens (primary N) is 3. The monoisotopic (exact) mass is 711 g/mol. The lowest BCUT2D eigenvalue weighted by Gasteiger charge is -2.37. The summed E-state index contributed by atoms with van der Waals surface area (Å²) in [4.78, 5) is 73.4. The van der Waals surface area contributed by atoms with E-state index in [9.17, 15) is 24.0 Å². The van der Waals surface area contributed by atoms with E-state index in [4.69, 9.17) is 22.6 Å². The van der Waals surface area contributed by atoms with E-state index < -0.39 is 47.7 Å². The molecule has 0 aromatic heterocycles. The van der Waals surface area contributed by atoms with Crippen LogP contribution in [0.3, 0.4) is 0 Å². The van der Waals surface area contributed by atoms with Crippen molar-refractivity contribution in [2.45, 2.75) is 136 Å². The van der Waals surface area contributed by atoms with Gasteiger partial charge >= 0.3 is 0 Å². The number of guanidine groups is 1. The van der Waals surface area contributed by atoms with Crippen LogP contribution in [0.1, 0.15) is 104 Å². The number of nitrogens with one attached hydrogen (secondary N) is 4. The van der Waals surface area contributed by atoms with Crippen LogP contribution in [0.4, 0.5) is 0 Å². The molecule has 1 aliphatic carbocycles. The molecule has 10 N–H and O–H groups in total. The first-order valence-corrected chi connectivity index (χ1v) is 18.2. The topological polar surface area (TPSA) is 239 Å². The average Bonchev–Trinajstić information content (AvgIpc) is 3.07. The number of Topliss-reactive ketones (excluding diaryl/α,β-unsaturated/α-hetero) is 1. The van der Waals surface area contributed by atoms with Crippen molar-refractivity contribution in [2.75, 3.05) is 6.54 Å². The molecule has 51 heavy (non-hydrogen) atoms. The summed E-state index contributed by atoms with van der Waals surface area (Å²) in [6.45, 7) is 11.9. The van der Waals surface area contributed by atoms with Crippen molar-refractivity contribution in [3.63, 3.8) is 0 Å². The minimum atomic E-state index is -1.06. The van der Waals surface area contributed by atoms with Crippen molar-refractivity contribution < 1.29 is 24.0 Å².